The molecule has 0 aromatic heterocycles. The maximum atomic E-state index is 12.2. The minimum absolute atomic E-state index is 0.174. The number of aliphatic hydroxyl groups excluding tert-OH is 1. The van der Waals surface area contributed by atoms with Gasteiger partial charge in [0.1, 0.15) is 5.60 Å². The van der Waals surface area contributed by atoms with E-state index in [0.717, 1.165) is 25.8 Å². The topological polar surface area (TPSA) is 61.8 Å². The van der Waals surface area contributed by atoms with Gasteiger partial charge in [0.2, 0.25) is 0 Å². The number of aliphatic hydroxyl groups is 1. The van der Waals surface area contributed by atoms with E-state index in [9.17, 15) is 9.90 Å². The van der Waals surface area contributed by atoms with Gasteiger partial charge < -0.3 is 20.1 Å². The van der Waals surface area contributed by atoms with E-state index in [1.807, 2.05) is 25.7 Å². The quantitative estimate of drug-likeness (QED) is 0.818. The van der Waals surface area contributed by atoms with E-state index >= 15 is 0 Å². The average molecular weight is 300 g/mol. The molecule has 0 aliphatic carbocycles. The highest BCUT2D eigenvalue weighted by Crippen LogP contribution is 2.23. The summed E-state index contributed by atoms with van der Waals surface area (Å²) < 4.78 is 5.46. The summed E-state index contributed by atoms with van der Waals surface area (Å²) in [4.78, 5) is 14.0. The van der Waals surface area contributed by atoms with Crippen LogP contribution in [0.1, 0.15) is 53.9 Å². The molecule has 1 fully saturated rings. The zero-order valence-corrected chi connectivity index (χ0v) is 14.2. The second-order valence-electron chi connectivity index (χ2n) is 7.27. The number of nitrogens with one attached hydrogen (secondary N) is 1. The van der Waals surface area contributed by atoms with Crippen LogP contribution in [0.15, 0.2) is 0 Å². The van der Waals surface area contributed by atoms with E-state index in [2.05, 4.69) is 19.2 Å². The number of hydrogen-bond donors (Lipinski definition) is 2. The van der Waals surface area contributed by atoms with Gasteiger partial charge in [-0.3, -0.25) is 0 Å². The van der Waals surface area contributed by atoms with E-state index in [-0.39, 0.29) is 18.7 Å². The van der Waals surface area contributed by atoms with Crippen LogP contribution < -0.4 is 5.32 Å². The van der Waals surface area contributed by atoms with Gasteiger partial charge in [-0.1, -0.05) is 13.8 Å². The fourth-order valence-electron chi connectivity index (χ4n) is 2.85. The number of carbonyl (C=O) groups is 1. The van der Waals surface area contributed by atoms with Gasteiger partial charge >= 0.3 is 6.09 Å². The Kier molecular flexibility index (Phi) is 6.94. The van der Waals surface area contributed by atoms with Crippen molar-refractivity contribution in [1.29, 1.82) is 0 Å². The summed E-state index contributed by atoms with van der Waals surface area (Å²) in [5, 5.41) is 12.8. The lowest BCUT2D eigenvalue weighted by molar-refractivity contribution is 0.0136. The number of nitrogens with zero attached hydrogens (tertiary/aromatic N) is 1. The van der Waals surface area contributed by atoms with Gasteiger partial charge in [-0.25, -0.2) is 4.79 Å². The molecule has 124 valence electrons. The van der Waals surface area contributed by atoms with Crippen LogP contribution in [0.5, 0.6) is 0 Å². The molecule has 0 saturated carbocycles. The second-order valence-corrected chi connectivity index (χ2v) is 7.27. The monoisotopic (exact) mass is 300 g/mol. The number of amides is 1. The molecule has 1 aliphatic rings. The Balaban J connectivity index is 2.62. The molecule has 5 heteroatoms. The molecule has 0 bridgehead atoms. The van der Waals surface area contributed by atoms with Gasteiger partial charge in [0.05, 0.1) is 0 Å². The fourth-order valence-corrected chi connectivity index (χ4v) is 2.85. The Morgan fingerprint density at radius 1 is 1.43 bits per heavy atom. The first-order chi connectivity index (χ1) is 9.73. The van der Waals surface area contributed by atoms with Crippen molar-refractivity contribution in [1.82, 2.24) is 10.2 Å². The molecule has 0 unspecified atom stereocenters. The van der Waals surface area contributed by atoms with Gasteiger partial charge in [0.15, 0.2) is 0 Å². The zero-order chi connectivity index (χ0) is 16.0. The number of ether oxygens (including phenoxy) is 1. The minimum Gasteiger partial charge on any atom is -0.444 e. The Morgan fingerprint density at radius 3 is 2.62 bits per heavy atom. The molecule has 1 heterocycles. The van der Waals surface area contributed by atoms with Crippen LogP contribution in [0.3, 0.4) is 0 Å². The fraction of sp³-hybridized carbons (Fsp3) is 0.938. The third-order valence-electron chi connectivity index (χ3n) is 3.67. The maximum absolute atomic E-state index is 12.2. The van der Waals surface area contributed by atoms with Crippen LogP contribution in [0, 0.1) is 5.92 Å². The van der Waals surface area contributed by atoms with Gasteiger partial charge in [-0.2, -0.15) is 0 Å². The molecule has 0 radical (unpaired) electrons. The highest BCUT2D eigenvalue weighted by molar-refractivity contribution is 5.68. The number of hydrogen-bond acceptors (Lipinski definition) is 4. The second kappa shape index (κ2) is 7.99. The lowest BCUT2D eigenvalue weighted by atomic mass is 9.88. The summed E-state index contributed by atoms with van der Waals surface area (Å²) in [7, 11) is 0. The Morgan fingerprint density at radius 2 is 2.10 bits per heavy atom. The third kappa shape index (κ3) is 6.66. The van der Waals surface area contributed by atoms with Crippen molar-refractivity contribution in [2.75, 3.05) is 19.7 Å². The molecule has 2 N–H and O–H groups in total. The maximum Gasteiger partial charge on any atom is 0.410 e. The minimum atomic E-state index is -0.454. The first-order valence-electron chi connectivity index (χ1n) is 8.07. The van der Waals surface area contributed by atoms with Gasteiger partial charge in [0, 0.05) is 31.8 Å². The van der Waals surface area contributed by atoms with Crippen molar-refractivity contribution < 1.29 is 14.6 Å². The van der Waals surface area contributed by atoms with Crippen molar-refractivity contribution in [3.8, 4) is 0 Å². The van der Waals surface area contributed by atoms with E-state index in [0.29, 0.717) is 18.5 Å². The van der Waals surface area contributed by atoms with Crippen molar-refractivity contribution in [2.45, 2.75) is 71.6 Å². The molecule has 0 spiro atoms. The van der Waals surface area contributed by atoms with Crippen LogP contribution in [-0.2, 0) is 4.74 Å². The first kappa shape index (κ1) is 18.2. The predicted molar refractivity (Wildman–Crippen MR) is 84.3 cm³/mol. The summed E-state index contributed by atoms with van der Waals surface area (Å²) in [6.45, 7) is 11.5. The smallest absolute Gasteiger partial charge is 0.410 e. The normalized spacial score (nSPS) is 21.5. The van der Waals surface area contributed by atoms with Crippen LogP contribution in [0.4, 0.5) is 4.79 Å². The molecular weight excluding hydrogens is 268 g/mol. The van der Waals surface area contributed by atoms with E-state index in [4.69, 9.17) is 4.74 Å². The Bertz CT molecular complexity index is 326. The molecule has 1 aliphatic heterocycles. The highest BCUT2D eigenvalue weighted by Gasteiger charge is 2.31. The molecular formula is C16H32N2O3. The molecule has 21 heavy (non-hydrogen) atoms. The van der Waals surface area contributed by atoms with Crippen molar-refractivity contribution in [3.05, 3.63) is 0 Å². The van der Waals surface area contributed by atoms with Crippen LogP contribution in [0.2, 0.25) is 0 Å². The zero-order valence-electron chi connectivity index (χ0n) is 14.2. The number of carbonyl (C=O) groups excluding carboxylic acids is 1. The predicted octanol–water partition coefficient (Wildman–Crippen LogP) is 2.38. The van der Waals surface area contributed by atoms with Crippen LogP contribution in [-0.4, -0.2) is 53.5 Å². The molecule has 1 amide bonds. The molecule has 0 aromatic carbocycles. The van der Waals surface area contributed by atoms with Crippen molar-refractivity contribution in [2.24, 2.45) is 5.92 Å². The summed E-state index contributed by atoms with van der Waals surface area (Å²) >= 11 is 0. The SMILES string of the molecule is CC(C)N[C@H](CCO)[C@H]1CCCN(C(=O)OC(C)(C)C)C1. The highest BCUT2D eigenvalue weighted by atomic mass is 16.6. The Labute approximate surface area is 129 Å². The van der Waals surface area contributed by atoms with Crippen LogP contribution >= 0.6 is 0 Å². The van der Waals surface area contributed by atoms with E-state index in [1.165, 1.54) is 0 Å². The van der Waals surface area contributed by atoms with Crippen LogP contribution in [0.25, 0.3) is 0 Å². The largest absolute Gasteiger partial charge is 0.444 e. The lowest BCUT2D eigenvalue weighted by Gasteiger charge is -2.38. The van der Waals surface area contributed by atoms with E-state index in [1.54, 1.807) is 0 Å². The average Bonchev–Trinajstić information content (AvgIpc) is 2.36. The summed E-state index contributed by atoms with van der Waals surface area (Å²) in [6, 6.07) is 0.624. The number of rotatable bonds is 5. The summed E-state index contributed by atoms with van der Waals surface area (Å²) in [6.07, 6.45) is 2.58. The van der Waals surface area contributed by atoms with Gasteiger partial charge in [-0.15, -0.1) is 0 Å². The molecule has 1 rings (SSSR count). The summed E-state index contributed by atoms with van der Waals surface area (Å²) in [5.74, 6) is 0.376. The molecule has 1 saturated heterocycles. The molecule has 0 aromatic rings. The van der Waals surface area contributed by atoms with Crippen molar-refractivity contribution in [3.63, 3.8) is 0 Å². The van der Waals surface area contributed by atoms with Gasteiger partial charge in [0.25, 0.3) is 0 Å². The summed E-state index contributed by atoms with van der Waals surface area (Å²) in [5.41, 5.74) is -0.454. The third-order valence-corrected chi connectivity index (χ3v) is 3.67. The number of piperidine rings is 1. The standard InChI is InChI=1S/C16H32N2O3/c1-12(2)17-14(8-10-19)13-7-6-9-18(11-13)15(20)21-16(3,4)5/h12-14,17,19H,6-11H2,1-5H3/t13-,14+/m0/s1. The number of likely N-dealkylation sites (tertiary alicyclic amines) is 1. The molecule has 2 atom stereocenters. The first-order valence-corrected chi connectivity index (χ1v) is 8.07. The van der Waals surface area contributed by atoms with E-state index < -0.39 is 5.60 Å². The van der Waals surface area contributed by atoms with Crippen molar-refractivity contribution >= 4 is 6.09 Å². The van der Waals surface area contributed by atoms with Gasteiger partial charge in [-0.05, 0) is 46.0 Å². The lowest BCUT2D eigenvalue weighted by Crippen LogP contribution is -2.50. The Hall–Kier alpha value is -0.810. The molecule has 5 nitrogen and oxygen atoms in total.